The number of nitrogens with one attached hydrogen (secondary N) is 1. The number of rotatable bonds is 3. The van der Waals surface area contributed by atoms with Crippen LogP contribution in [0.4, 0.5) is 0 Å². The van der Waals surface area contributed by atoms with Crippen molar-refractivity contribution in [2.45, 2.75) is 44.7 Å². The topological polar surface area (TPSA) is 48.5 Å². The Morgan fingerprint density at radius 2 is 2.17 bits per heavy atom. The van der Waals surface area contributed by atoms with Crippen molar-refractivity contribution in [1.82, 2.24) is 20.1 Å². The number of nitrogens with zero attached hydrogens (tertiary/aromatic N) is 3. The number of pyridine rings is 1. The average molecular weight is 316 g/mol. The standard InChI is InChI=1S/C18H28N4O/c1-3-15-4-5-16(20-12-15)13-22-11-10-21(2)18(14-22)7-6-17(23)19-9-8-18/h4-5,12H,3,6-11,13-14H2,1-2H3,(H,19,23)/t18-/m0/s1. The first kappa shape index (κ1) is 16.4. The van der Waals surface area contributed by atoms with E-state index >= 15 is 0 Å². The number of piperazine rings is 1. The van der Waals surface area contributed by atoms with Gasteiger partial charge in [0.2, 0.25) is 5.91 Å². The van der Waals surface area contributed by atoms with Crippen molar-refractivity contribution in [3.63, 3.8) is 0 Å². The fourth-order valence-corrected chi connectivity index (χ4v) is 3.80. The van der Waals surface area contributed by atoms with Crippen molar-refractivity contribution in [3.8, 4) is 0 Å². The highest BCUT2D eigenvalue weighted by atomic mass is 16.1. The van der Waals surface area contributed by atoms with Crippen molar-refractivity contribution in [2.24, 2.45) is 0 Å². The van der Waals surface area contributed by atoms with Crippen LogP contribution in [-0.2, 0) is 17.8 Å². The molecule has 23 heavy (non-hydrogen) atoms. The maximum absolute atomic E-state index is 11.7. The summed E-state index contributed by atoms with van der Waals surface area (Å²) in [5.41, 5.74) is 2.56. The van der Waals surface area contributed by atoms with Crippen molar-refractivity contribution in [1.29, 1.82) is 0 Å². The molecule has 1 atom stereocenters. The molecule has 0 unspecified atom stereocenters. The summed E-state index contributed by atoms with van der Waals surface area (Å²) < 4.78 is 0. The zero-order valence-corrected chi connectivity index (χ0v) is 14.3. The summed E-state index contributed by atoms with van der Waals surface area (Å²) in [6.07, 6.45) is 5.66. The normalized spacial score (nSPS) is 27.0. The summed E-state index contributed by atoms with van der Waals surface area (Å²) >= 11 is 0. The van der Waals surface area contributed by atoms with E-state index in [4.69, 9.17) is 0 Å². The lowest BCUT2D eigenvalue weighted by Crippen LogP contribution is -2.60. The first-order valence-corrected chi connectivity index (χ1v) is 8.75. The van der Waals surface area contributed by atoms with Gasteiger partial charge in [-0.05, 0) is 37.9 Å². The van der Waals surface area contributed by atoms with Crippen LogP contribution >= 0.6 is 0 Å². The molecule has 3 rings (SSSR count). The second-order valence-electron chi connectivity index (χ2n) is 6.97. The van der Waals surface area contributed by atoms with Gasteiger partial charge in [0.1, 0.15) is 0 Å². The summed E-state index contributed by atoms with van der Waals surface area (Å²) in [6.45, 7) is 7.00. The molecule has 2 fully saturated rings. The van der Waals surface area contributed by atoms with Gasteiger partial charge in [0.15, 0.2) is 0 Å². The van der Waals surface area contributed by atoms with E-state index in [0.717, 1.165) is 57.7 Å². The summed E-state index contributed by atoms with van der Waals surface area (Å²) in [7, 11) is 2.21. The molecule has 1 spiro atoms. The van der Waals surface area contributed by atoms with E-state index in [2.05, 4.69) is 46.2 Å². The molecule has 2 aliphatic heterocycles. The van der Waals surface area contributed by atoms with Crippen LogP contribution in [0.15, 0.2) is 18.3 Å². The van der Waals surface area contributed by atoms with Gasteiger partial charge < -0.3 is 5.32 Å². The van der Waals surface area contributed by atoms with Crippen molar-refractivity contribution in [2.75, 3.05) is 33.2 Å². The molecule has 0 radical (unpaired) electrons. The molecule has 0 bridgehead atoms. The maximum atomic E-state index is 11.7. The van der Waals surface area contributed by atoms with E-state index in [1.54, 1.807) is 0 Å². The largest absolute Gasteiger partial charge is 0.356 e. The Morgan fingerprint density at radius 1 is 1.30 bits per heavy atom. The molecule has 1 aromatic heterocycles. The molecule has 1 aromatic rings. The van der Waals surface area contributed by atoms with Crippen LogP contribution in [0.3, 0.4) is 0 Å². The SMILES string of the molecule is CCc1ccc(CN2CCN(C)[C@@]3(CCNC(=O)CC3)C2)nc1. The molecule has 2 aliphatic rings. The lowest BCUT2D eigenvalue weighted by Gasteiger charge is -2.49. The Labute approximate surface area is 139 Å². The van der Waals surface area contributed by atoms with Crippen molar-refractivity contribution < 1.29 is 4.79 Å². The number of aromatic nitrogens is 1. The molecule has 1 N–H and O–H groups in total. The zero-order valence-electron chi connectivity index (χ0n) is 14.3. The van der Waals surface area contributed by atoms with Gasteiger partial charge in [-0.15, -0.1) is 0 Å². The fraction of sp³-hybridized carbons (Fsp3) is 0.667. The minimum atomic E-state index is 0.126. The van der Waals surface area contributed by atoms with Gasteiger partial charge in [-0.2, -0.15) is 0 Å². The van der Waals surface area contributed by atoms with Crippen molar-refractivity contribution >= 4 is 5.91 Å². The number of carbonyl (C=O) groups excluding carboxylic acids is 1. The first-order chi connectivity index (χ1) is 11.1. The Hall–Kier alpha value is -1.46. The van der Waals surface area contributed by atoms with Crippen LogP contribution in [0.5, 0.6) is 0 Å². The number of carbonyl (C=O) groups is 1. The number of aryl methyl sites for hydroxylation is 1. The van der Waals surface area contributed by atoms with E-state index in [9.17, 15) is 4.79 Å². The monoisotopic (exact) mass is 316 g/mol. The minimum absolute atomic E-state index is 0.126. The van der Waals surface area contributed by atoms with Gasteiger partial charge in [0.25, 0.3) is 0 Å². The van der Waals surface area contributed by atoms with Gasteiger partial charge in [-0.1, -0.05) is 13.0 Å². The molecular weight excluding hydrogens is 288 g/mol. The Morgan fingerprint density at radius 3 is 2.91 bits per heavy atom. The first-order valence-electron chi connectivity index (χ1n) is 8.75. The summed E-state index contributed by atoms with van der Waals surface area (Å²) in [5, 5.41) is 3.02. The Kier molecular flexibility index (Phi) is 4.97. The third-order valence-corrected chi connectivity index (χ3v) is 5.49. The molecule has 126 valence electrons. The molecule has 2 saturated heterocycles. The third-order valence-electron chi connectivity index (χ3n) is 5.49. The summed E-state index contributed by atoms with van der Waals surface area (Å²) in [5.74, 6) is 0.198. The smallest absolute Gasteiger partial charge is 0.220 e. The second kappa shape index (κ2) is 6.97. The zero-order chi connectivity index (χ0) is 16.3. The third kappa shape index (κ3) is 3.72. The van der Waals surface area contributed by atoms with Crippen LogP contribution < -0.4 is 5.32 Å². The van der Waals surface area contributed by atoms with Crippen LogP contribution in [0.25, 0.3) is 0 Å². The molecule has 0 aliphatic carbocycles. The highest BCUT2D eigenvalue weighted by molar-refractivity contribution is 5.76. The van der Waals surface area contributed by atoms with E-state index in [0.29, 0.717) is 6.42 Å². The van der Waals surface area contributed by atoms with E-state index in [1.165, 1.54) is 5.56 Å². The van der Waals surface area contributed by atoms with Gasteiger partial charge in [0, 0.05) is 50.9 Å². The van der Waals surface area contributed by atoms with Gasteiger partial charge in [0.05, 0.1) is 5.69 Å². The minimum Gasteiger partial charge on any atom is -0.356 e. The predicted octanol–water partition coefficient (Wildman–Crippen LogP) is 1.43. The molecule has 1 amide bonds. The lowest BCUT2D eigenvalue weighted by atomic mass is 9.86. The van der Waals surface area contributed by atoms with Gasteiger partial charge in [-0.25, -0.2) is 0 Å². The van der Waals surface area contributed by atoms with Crippen molar-refractivity contribution in [3.05, 3.63) is 29.6 Å². The van der Waals surface area contributed by atoms with E-state index < -0.39 is 0 Å². The molecule has 0 aromatic carbocycles. The Balaban J connectivity index is 1.68. The maximum Gasteiger partial charge on any atom is 0.220 e. The highest BCUT2D eigenvalue weighted by Crippen LogP contribution is 2.30. The summed E-state index contributed by atoms with van der Waals surface area (Å²) in [4.78, 5) is 21.3. The average Bonchev–Trinajstić information content (AvgIpc) is 2.75. The highest BCUT2D eigenvalue weighted by Gasteiger charge is 2.40. The van der Waals surface area contributed by atoms with E-state index in [1.807, 2.05) is 6.20 Å². The van der Waals surface area contributed by atoms with Gasteiger partial charge >= 0.3 is 0 Å². The predicted molar refractivity (Wildman–Crippen MR) is 91.1 cm³/mol. The molecule has 3 heterocycles. The van der Waals surface area contributed by atoms with Crippen LogP contribution in [0.2, 0.25) is 0 Å². The Bertz CT molecular complexity index is 544. The van der Waals surface area contributed by atoms with Crippen LogP contribution in [0.1, 0.15) is 37.4 Å². The molecule has 5 heteroatoms. The summed E-state index contributed by atoms with van der Waals surface area (Å²) in [6, 6.07) is 4.34. The second-order valence-corrected chi connectivity index (χ2v) is 6.97. The lowest BCUT2D eigenvalue weighted by molar-refractivity contribution is -0.121. The molecule has 0 saturated carbocycles. The van der Waals surface area contributed by atoms with Crippen LogP contribution in [-0.4, -0.2) is 59.5 Å². The fourth-order valence-electron chi connectivity index (χ4n) is 3.80. The molecular formula is C18H28N4O. The number of likely N-dealkylation sites (N-methyl/N-ethyl adjacent to an activating group) is 1. The van der Waals surface area contributed by atoms with E-state index in [-0.39, 0.29) is 11.4 Å². The quantitative estimate of drug-likeness (QED) is 0.916. The van der Waals surface area contributed by atoms with Gasteiger partial charge in [-0.3, -0.25) is 19.6 Å². The number of amides is 1. The molecule has 5 nitrogen and oxygen atoms in total. The number of hydrogen-bond donors (Lipinski definition) is 1. The van der Waals surface area contributed by atoms with Crippen LogP contribution in [0, 0.1) is 0 Å². The number of hydrogen-bond acceptors (Lipinski definition) is 4.